The molecule has 0 aromatic heterocycles. The van der Waals surface area contributed by atoms with Gasteiger partial charge in [0.1, 0.15) is 21.3 Å². The van der Waals surface area contributed by atoms with Crippen molar-refractivity contribution >= 4 is 39.8 Å². The van der Waals surface area contributed by atoms with Crippen LogP contribution >= 0.6 is 24.0 Å². The van der Waals surface area contributed by atoms with Gasteiger partial charge in [0.2, 0.25) is 0 Å². The first kappa shape index (κ1) is 22.8. The number of hydrogen-bond acceptors (Lipinski definition) is 5. The van der Waals surface area contributed by atoms with Crippen molar-refractivity contribution in [2.75, 3.05) is 39.8 Å². The molecule has 2 N–H and O–H groups in total. The molecule has 0 heterocycles. The van der Waals surface area contributed by atoms with E-state index in [1.54, 1.807) is 21.3 Å². The number of nitrogens with zero attached hydrogens (tertiary/aromatic N) is 1. The minimum Gasteiger partial charge on any atom is -0.497 e. The standard InChI is InChI=1S/C15H25N3O4S.HI/c1-16-15(17-8-5-9-23(4,19)20)18-11-12-6-7-13(21-2)10-14(12)22-3;/h6-7,10H,5,8-9,11H2,1-4H3,(H2,16,17,18);1H. The maximum Gasteiger partial charge on any atom is 0.191 e. The van der Waals surface area contributed by atoms with Crippen molar-refractivity contribution < 1.29 is 17.9 Å². The predicted molar refractivity (Wildman–Crippen MR) is 107 cm³/mol. The number of benzene rings is 1. The van der Waals surface area contributed by atoms with Gasteiger partial charge in [-0.15, -0.1) is 24.0 Å². The molecule has 0 radical (unpaired) electrons. The van der Waals surface area contributed by atoms with Crippen molar-refractivity contribution in [2.45, 2.75) is 13.0 Å². The number of hydrogen-bond donors (Lipinski definition) is 2. The summed E-state index contributed by atoms with van der Waals surface area (Å²) in [4.78, 5) is 4.11. The molecule has 0 spiro atoms. The van der Waals surface area contributed by atoms with Crippen LogP contribution in [0, 0.1) is 0 Å². The maximum absolute atomic E-state index is 11.1. The van der Waals surface area contributed by atoms with Gasteiger partial charge in [0.25, 0.3) is 0 Å². The number of nitrogens with one attached hydrogen (secondary N) is 2. The fourth-order valence-electron chi connectivity index (χ4n) is 1.94. The van der Waals surface area contributed by atoms with Gasteiger partial charge in [0.15, 0.2) is 5.96 Å². The topological polar surface area (TPSA) is 89.0 Å². The molecule has 0 amide bonds. The summed E-state index contributed by atoms with van der Waals surface area (Å²) in [6.45, 7) is 1.06. The zero-order chi connectivity index (χ0) is 17.3. The van der Waals surface area contributed by atoms with Crippen LogP contribution in [0.2, 0.25) is 0 Å². The van der Waals surface area contributed by atoms with Crippen LogP contribution in [0.3, 0.4) is 0 Å². The molecule has 0 aliphatic rings. The van der Waals surface area contributed by atoms with E-state index < -0.39 is 9.84 Å². The van der Waals surface area contributed by atoms with Crippen LogP contribution in [-0.4, -0.2) is 54.2 Å². The molecule has 1 rings (SSSR count). The number of rotatable bonds is 8. The van der Waals surface area contributed by atoms with E-state index >= 15 is 0 Å². The van der Waals surface area contributed by atoms with E-state index in [0.717, 1.165) is 17.1 Å². The third-order valence-corrected chi connectivity index (χ3v) is 4.18. The van der Waals surface area contributed by atoms with Gasteiger partial charge >= 0.3 is 0 Å². The van der Waals surface area contributed by atoms with Gasteiger partial charge in [-0.3, -0.25) is 4.99 Å². The summed E-state index contributed by atoms with van der Waals surface area (Å²) >= 11 is 0. The summed E-state index contributed by atoms with van der Waals surface area (Å²) in [5.74, 6) is 2.22. The van der Waals surface area contributed by atoms with Crippen LogP contribution in [0.5, 0.6) is 11.5 Å². The van der Waals surface area contributed by atoms with E-state index in [2.05, 4.69) is 15.6 Å². The fourth-order valence-corrected chi connectivity index (χ4v) is 2.61. The Kier molecular flexibility index (Phi) is 10.8. The average molecular weight is 471 g/mol. The van der Waals surface area contributed by atoms with E-state index in [0.29, 0.717) is 25.5 Å². The van der Waals surface area contributed by atoms with Crippen LogP contribution in [0.1, 0.15) is 12.0 Å². The number of ether oxygens (including phenoxy) is 2. The van der Waals surface area contributed by atoms with Crippen molar-refractivity contribution in [1.82, 2.24) is 10.6 Å². The normalized spacial score (nSPS) is 11.4. The Bertz CT molecular complexity index is 636. The third-order valence-electron chi connectivity index (χ3n) is 3.15. The molecule has 1 aromatic carbocycles. The Hall–Kier alpha value is -1.23. The van der Waals surface area contributed by atoms with Gasteiger partial charge < -0.3 is 20.1 Å². The first-order valence-corrected chi connectivity index (χ1v) is 9.29. The maximum atomic E-state index is 11.1. The molecule has 0 bridgehead atoms. The lowest BCUT2D eigenvalue weighted by atomic mass is 10.2. The van der Waals surface area contributed by atoms with Crippen LogP contribution in [0.4, 0.5) is 0 Å². The number of guanidine groups is 1. The largest absolute Gasteiger partial charge is 0.497 e. The summed E-state index contributed by atoms with van der Waals surface area (Å²) in [5.41, 5.74) is 0.965. The number of sulfone groups is 1. The minimum absolute atomic E-state index is 0. The molecule has 0 saturated carbocycles. The number of halogens is 1. The zero-order valence-electron chi connectivity index (χ0n) is 14.5. The smallest absolute Gasteiger partial charge is 0.191 e. The molecular weight excluding hydrogens is 445 g/mol. The molecule has 0 fully saturated rings. The van der Waals surface area contributed by atoms with E-state index in [1.807, 2.05) is 18.2 Å². The van der Waals surface area contributed by atoms with Crippen molar-refractivity contribution in [2.24, 2.45) is 4.99 Å². The van der Waals surface area contributed by atoms with Gasteiger partial charge in [-0.2, -0.15) is 0 Å². The Morgan fingerprint density at radius 2 is 1.92 bits per heavy atom. The molecule has 24 heavy (non-hydrogen) atoms. The predicted octanol–water partition coefficient (Wildman–Crippen LogP) is 1.42. The number of methoxy groups -OCH3 is 2. The molecule has 1 aromatic rings. The Balaban J connectivity index is 0.00000529. The molecule has 0 aliphatic carbocycles. The van der Waals surface area contributed by atoms with E-state index in [4.69, 9.17) is 9.47 Å². The fraction of sp³-hybridized carbons (Fsp3) is 0.533. The van der Waals surface area contributed by atoms with Gasteiger partial charge in [0.05, 0.1) is 20.0 Å². The highest BCUT2D eigenvalue weighted by atomic mass is 127. The Labute approximate surface area is 161 Å². The molecule has 7 nitrogen and oxygen atoms in total. The highest BCUT2D eigenvalue weighted by Crippen LogP contribution is 2.24. The second-order valence-electron chi connectivity index (χ2n) is 5.01. The molecular formula is C15H26IN3O4S. The average Bonchev–Trinajstić information content (AvgIpc) is 2.53. The lowest BCUT2D eigenvalue weighted by Crippen LogP contribution is -2.37. The van der Waals surface area contributed by atoms with Crippen LogP contribution in [0.25, 0.3) is 0 Å². The Morgan fingerprint density at radius 1 is 1.21 bits per heavy atom. The summed E-state index contributed by atoms with van der Waals surface area (Å²) in [6, 6.07) is 5.60. The van der Waals surface area contributed by atoms with Crippen LogP contribution < -0.4 is 20.1 Å². The molecule has 0 unspecified atom stereocenters. The molecule has 0 aliphatic heterocycles. The molecule has 138 valence electrons. The lowest BCUT2D eigenvalue weighted by Gasteiger charge is -2.14. The lowest BCUT2D eigenvalue weighted by molar-refractivity contribution is 0.390. The second-order valence-corrected chi connectivity index (χ2v) is 7.27. The van der Waals surface area contributed by atoms with Crippen molar-refractivity contribution in [1.29, 1.82) is 0 Å². The quantitative estimate of drug-likeness (QED) is 0.258. The first-order valence-electron chi connectivity index (χ1n) is 7.22. The van der Waals surface area contributed by atoms with Crippen molar-refractivity contribution in [3.63, 3.8) is 0 Å². The summed E-state index contributed by atoms with van der Waals surface area (Å²) in [7, 11) is 1.95. The Morgan fingerprint density at radius 3 is 2.46 bits per heavy atom. The van der Waals surface area contributed by atoms with Crippen molar-refractivity contribution in [3.05, 3.63) is 23.8 Å². The number of aliphatic imine (C=N–C) groups is 1. The van der Waals surface area contributed by atoms with Crippen molar-refractivity contribution in [3.8, 4) is 11.5 Å². The van der Waals surface area contributed by atoms with E-state index in [9.17, 15) is 8.42 Å². The minimum atomic E-state index is -2.93. The van der Waals surface area contributed by atoms with Crippen LogP contribution in [0.15, 0.2) is 23.2 Å². The summed E-state index contributed by atoms with van der Waals surface area (Å²) in [6.07, 6.45) is 1.77. The first-order chi connectivity index (χ1) is 10.9. The molecule has 0 atom stereocenters. The molecule has 0 saturated heterocycles. The van der Waals surface area contributed by atoms with E-state index in [-0.39, 0.29) is 29.7 Å². The van der Waals surface area contributed by atoms with E-state index in [1.165, 1.54) is 6.26 Å². The molecule has 9 heteroatoms. The zero-order valence-corrected chi connectivity index (χ0v) is 17.6. The highest BCUT2D eigenvalue weighted by Gasteiger charge is 2.06. The monoisotopic (exact) mass is 471 g/mol. The second kappa shape index (κ2) is 11.3. The SMILES string of the molecule is CN=C(NCCCS(C)(=O)=O)NCc1ccc(OC)cc1OC.I. The van der Waals surface area contributed by atoms with Crippen LogP contribution in [-0.2, 0) is 16.4 Å². The van der Waals surface area contributed by atoms with Gasteiger partial charge in [-0.25, -0.2) is 8.42 Å². The van der Waals surface area contributed by atoms with Gasteiger partial charge in [0, 0.05) is 38.0 Å². The highest BCUT2D eigenvalue weighted by molar-refractivity contribution is 14.0. The summed E-state index contributed by atoms with van der Waals surface area (Å²) in [5, 5.41) is 6.25. The third kappa shape index (κ3) is 8.57. The van der Waals surface area contributed by atoms with Gasteiger partial charge in [-0.05, 0) is 18.6 Å². The summed E-state index contributed by atoms with van der Waals surface area (Å²) < 4.78 is 32.7. The van der Waals surface area contributed by atoms with Gasteiger partial charge in [-0.1, -0.05) is 0 Å².